The minimum atomic E-state index is 0.836. The molecule has 6 nitrogen and oxygen atoms in total. The fourth-order valence-electron chi connectivity index (χ4n) is 1.69. The smallest absolute Gasteiger partial charge is 0.150 e. The number of hydrogen-bond donors (Lipinski definition) is 1. The zero-order chi connectivity index (χ0) is 13.0. The monoisotopic (exact) mass is 264 g/mol. The van der Waals surface area contributed by atoms with E-state index in [1.807, 2.05) is 37.3 Å². The summed E-state index contributed by atoms with van der Waals surface area (Å²) in [5, 5.41) is 11.4. The maximum absolute atomic E-state index is 5.40. The Hall–Kier alpha value is -1.76. The van der Waals surface area contributed by atoms with Crippen LogP contribution in [-0.2, 0) is 13.5 Å². The first-order valence-corrected chi connectivity index (χ1v) is 6.20. The van der Waals surface area contributed by atoms with E-state index in [0.29, 0.717) is 0 Å². The number of hydrogen-bond acceptors (Lipinski definition) is 4. The standard InChI is InChI=1S/C11H16N6S/c1-16(9-6-4-8-12-9)11(18)7-3-5-10-13-14-15-17(10)2/h4,6,8,12H,3,5,7H2,1-2H3. The molecule has 0 fully saturated rings. The van der Waals surface area contributed by atoms with E-state index in [1.54, 1.807) is 4.68 Å². The Morgan fingerprint density at radius 2 is 2.39 bits per heavy atom. The molecule has 2 rings (SSSR count). The quantitative estimate of drug-likeness (QED) is 0.825. The topological polar surface area (TPSA) is 62.6 Å². The SMILES string of the molecule is CN(C(=S)CCCc1nnnn1C)c1ccc[nH]1. The van der Waals surface area contributed by atoms with Crippen molar-refractivity contribution in [1.29, 1.82) is 0 Å². The van der Waals surface area contributed by atoms with E-state index >= 15 is 0 Å². The molecule has 0 unspecified atom stereocenters. The van der Waals surface area contributed by atoms with E-state index in [-0.39, 0.29) is 0 Å². The van der Waals surface area contributed by atoms with Crippen molar-refractivity contribution in [2.45, 2.75) is 19.3 Å². The molecule has 0 bridgehead atoms. The molecule has 18 heavy (non-hydrogen) atoms. The zero-order valence-corrected chi connectivity index (χ0v) is 11.3. The third-order valence-corrected chi connectivity index (χ3v) is 3.29. The van der Waals surface area contributed by atoms with Crippen LogP contribution in [0.15, 0.2) is 18.3 Å². The van der Waals surface area contributed by atoms with Crippen LogP contribution in [0.4, 0.5) is 5.82 Å². The van der Waals surface area contributed by atoms with Crippen LogP contribution in [0, 0.1) is 0 Å². The molecule has 0 radical (unpaired) electrons. The number of thiocarbonyl (C=S) groups is 1. The van der Waals surface area contributed by atoms with Crippen LogP contribution in [0.25, 0.3) is 0 Å². The molecule has 0 spiro atoms. The normalized spacial score (nSPS) is 10.6. The van der Waals surface area contributed by atoms with E-state index in [9.17, 15) is 0 Å². The largest absolute Gasteiger partial charge is 0.348 e. The van der Waals surface area contributed by atoms with E-state index in [0.717, 1.165) is 35.9 Å². The van der Waals surface area contributed by atoms with Crippen molar-refractivity contribution in [3.8, 4) is 0 Å². The molecule has 0 saturated heterocycles. The molecule has 7 heteroatoms. The van der Waals surface area contributed by atoms with E-state index in [2.05, 4.69) is 20.5 Å². The van der Waals surface area contributed by atoms with Gasteiger partial charge in [-0.2, -0.15) is 0 Å². The van der Waals surface area contributed by atoms with Crippen molar-refractivity contribution < 1.29 is 0 Å². The molecule has 2 heterocycles. The highest BCUT2D eigenvalue weighted by Crippen LogP contribution is 2.12. The van der Waals surface area contributed by atoms with Crippen molar-refractivity contribution in [1.82, 2.24) is 25.2 Å². The summed E-state index contributed by atoms with van der Waals surface area (Å²) < 4.78 is 1.69. The van der Waals surface area contributed by atoms with E-state index in [4.69, 9.17) is 12.2 Å². The van der Waals surface area contributed by atoms with Crippen molar-refractivity contribution in [2.75, 3.05) is 11.9 Å². The van der Waals surface area contributed by atoms with Gasteiger partial charge in [0.25, 0.3) is 0 Å². The van der Waals surface area contributed by atoms with Gasteiger partial charge in [-0.15, -0.1) is 5.10 Å². The number of tetrazole rings is 1. The number of nitrogens with zero attached hydrogens (tertiary/aromatic N) is 5. The molecule has 0 atom stereocenters. The lowest BCUT2D eigenvalue weighted by Gasteiger charge is -2.18. The third kappa shape index (κ3) is 2.92. The Labute approximate surface area is 111 Å². The second kappa shape index (κ2) is 5.72. The first kappa shape index (κ1) is 12.7. The summed E-state index contributed by atoms with van der Waals surface area (Å²) in [6.45, 7) is 0. The van der Waals surface area contributed by atoms with Crippen LogP contribution in [0.2, 0.25) is 0 Å². The molecular weight excluding hydrogens is 248 g/mol. The fourth-order valence-corrected chi connectivity index (χ4v) is 1.93. The van der Waals surface area contributed by atoms with Crippen molar-refractivity contribution >= 4 is 23.0 Å². The molecule has 2 aromatic heterocycles. The zero-order valence-electron chi connectivity index (χ0n) is 10.5. The minimum Gasteiger partial charge on any atom is -0.348 e. The number of anilines is 1. The second-order valence-corrected chi connectivity index (χ2v) is 4.55. The van der Waals surface area contributed by atoms with Crippen LogP contribution in [0.3, 0.4) is 0 Å². The number of rotatable bonds is 5. The van der Waals surface area contributed by atoms with Gasteiger partial charge in [0.15, 0.2) is 5.82 Å². The Morgan fingerprint density at radius 3 is 3.00 bits per heavy atom. The summed E-state index contributed by atoms with van der Waals surface area (Å²) >= 11 is 5.40. The number of aromatic amines is 1. The molecule has 0 aliphatic rings. The molecule has 96 valence electrons. The first-order chi connectivity index (χ1) is 8.68. The van der Waals surface area contributed by atoms with Gasteiger partial charge in [0.05, 0.1) is 4.99 Å². The van der Waals surface area contributed by atoms with Gasteiger partial charge >= 0.3 is 0 Å². The third-order valence-electron chi connectivity index (χ3n) is 2.82. The molecule has 0 aromatic carbocycles. The average molecular weight is 264 g/mol. The van der Waals surface area contributed by atoms with Gasteiger partial charge in [0.2, 0.25) is 0 Å². The number of H-pyrrole nitrogens is 1. The van der Waals surface area contributed by atoms with Crippen LogP contribution in [0.5, 0.6) is 0 Å². The Balaban J connectivity index is 1.80. The van der Waals surface area contributed by atoms with Crippen LogP contribution < -0.4 is 4.90 Å². The summed E-state index contributed by atoms with van der Waals surface area (Å²) in [6, 6.07) is 3.96. The number of aryl methyl sites for hydroxylation is 2. The maximum atomic E-state index is 5.40. The van der Waals surface area contributed by atoms with Crippen LogP contribution >= 0.6 is 12.2 Å². The van der Waals surface area contributed by atoms with Gasteiger partial charge in [0.1, 0.15) is 5.82 Å². The molecule has 0 aliphatic carbocycles. The Morgan fingerprint density at radius 1 is 1.56 bits per heavy atom. The van der Waals surface area contributed by atoms with Gasteiger partial charge in [0, 0.05) is 26.7 Å². The number of nitrogens with one attached hydrogen (secondary N) is 1. The molecule has 0 aliphatic heterocycles. The van der Waals surface area contributed by atoms with Gasteiger partial charge in [-0.25, -0.2) is 4.68 Å². The van der Waals surface area contributed by atoms with Crippen molar-refractivity contribution in [2.24, 2.45) is 7.05 Å². The van der Waals surface area contributed by atoms with Crippen LogP contribution in [0.1, 0.15) is 18.7 Å². The highest BCUT2D eigenvalue weighted by molar-refractivity contribution is 7.80. The lowest BCUT2D eigenvalue weighted by molar-refractivity contribution is 0.663. The molecule has 0 saturated carbocycles. The molecule has 0 amide bonds. The maximum Gasteiger partial charge on any atom is 0.150 e. The fraction of sp³-hybridized carbons (Fsp3) is 0.455. The molecular formula is C11H16N6S. The molecule has 2 aromatic rings. The Kier molecular flexibility index (Phi) is 4.03. The minimum absolute atomic E-state index is 0.836. The summed E-state index contributed by atoms with van der Waals surface area (Å²) in [7, 11) is 3.82. The van der Waals surface area contributed by atoms with E-state index < -0.39 is 0 Å². The average Bonchev–Trinajstić information content (AvgIpc) is 3.00. The van der Waals surface area contributed by atoms with Crippen molar-refractivity contribution in [3.05, 3.63) is 24.2 Å². The highest BCUT2D eigenvalue weighted by atomic mass is 32.1. The lowest BCUT2D eigenvalue weighted by Crippen LogP contribution is -2.24. The van der Waals surface area contributed by atoms with Gasteiger partial charge < -0.3 is 9.88 Å². The summed E-state index contributed by atoms with van der Waals surface area (Å²) in [5.41, 5.74) is 0. The predicted molar refractivity (Wildman–Crippen MR) is 73.5 cm³/mol. The summed E-state index contributed by atoms with van der Waals surface area (Å²) in [4.78, 5) is 6.03. The Bertz CT molecular complexity index is 503. The number of aromatic nitrogens is 5. The van der Waals surface area contributed by atoms with Crippen LogP contribution in [-0.4, -0.2) is 37.2 Å². The first-order valence-electron chi connectivity index (χ1n) is 5.79. The predicted octanol–water partition coefficient (Wildman–Crippen LogP) is 1.32. The van der Waals surface area contributed by atoms with Gasteiger partial charge in [-0.1, -0.05) is 12.2 Å². The summed E-state index contributed by atoms with van der Waals surface area (Å²) in [6.07, 6.45) is 4.51. The lowest BCUT2D eigenvalue weighted by atomic mass is 10.2. The molecule has 1 N–H and O–H groups in total. The highest BCUT2D eigenvalue weighted by Gasteiger charge is 2.08. The summed E-state index contributed by atoms with van der Waals surface area (Å²) in [5.74, 6) is 1.90. The van der Waals surface area contributed by atoms with Gasteiger partial charge in [-0.3, -0.25) is 0 Å². The second-order valence-electron chi connectivity index (χ2n) is 4.08. The van der Waals surface area contributed by atoms with Gasteiger partial charge in [-0.05, 0) is 35.4 Å². The van der Waals surface area contributed by atoms with E-state index in [1.165, 1.54) is 0 Å². The van der Waals surface area contributed by atoms with Crippen molar-refractivity contribution in [3.63, 3.8) is 0 Å².